The molecule has 0 bridgehead atoms. The van der Waals surface area contributed by atoms with Crippen LogP contribution in [0.15, 0.2) is 71.5 Å². The molecule has 2 aromatic heterocycles. The summed E-state index contributed by atoms with van der Waals surface area (Å²) in [6.45, 7) is 0. The Balaban J connectivity index is 1.52. The van der Waals surface area contributed by atoms with Gasteiger partial charge in [-0.1, -0.05) is 17.3 Å². The van der Waals surface area contributed by atoms with E-state index in [9.17, 15) is 9.18 Å². The van der Waals surface area contributed by atoms with Crippen molar-refractivity contribution in [3.05, 3.63) is 78.6 Å². The number of carbonyl (C=O) groups excluding carboxylic acids is 1. The molecule has 0 saturated heterocycles. The summed E-state index contributed by atoms with van der Waals surface area (Å²) in [7, 11) is 1.59. The van der Waals surface area contributed by atoms with Gasteiger partial charge in [0.25, 0.3) is 5.91 Å². The number of anilines is 1. The van der Waals surface area contributed by atoms with Crippen LogP contribution in [-0.4, -0.2) is 28.1 Å². The first-order chi connectivity index (χ1) is 14.1. The second kappa shape index (κ2) is 7.89. The van der Waals surface area contributed by atoms with Crippen LogP contribution in [-0.2, 0) is 0 Å². The van der Waals surface area contributed by atoms with Crippen LogP contribution in [0.4, 0.5) is 10.2 Å². The lowest BCUT2D eigenvalue weighted by atomic mass is 10.1. The highest BCUT2D eigenvalue weighted by Gasteiger charge is 2.17. The van der Waals surface area contributed by atoms with E-state index < -0.39 is 11.7 Å². The van der Waals surface area contributed by atoms with Crippen LogP contribution in [0.5, 0.6) is 5.75 Å². The summed E-state index contributed by atoms with van der Waals surface area (Å²) >= 11 is 0. The fourth-order valence-corrected chi connectivity index (χ4v) is 2.70. The van der Waals surface area contributed by atoms with Crippen molar-refractivity contribution in [2.45, 2.75) is 0 Å². The molecule has 0 saturated carbocycles. The quantitative estimate of drug-likeness (QED) is 0.549. The maximum atomic E-state index is 13.9. The standard InChI is InChI=1S/C21H15FN4O3/c1-28-14-8-6-13(7-9-14)17-11-20(24-12-23-17)25-21(27)19-10-18(26-29-19)15-4-2-3-5-16(15)22/h2-12H,1H3,(H,23,24,25,27). The fourth-order valence-electron chi connectivity index (χ4n) is 2.70. The molecule has 4 aromatic rings. The molecule has 0 atom stereocenters. The number of halogens is 1. The molecule has 4 rings (SSSR count). The Hall–Kier alpha value is -4.07. The zero-order chi connectivity index (χ0) is 20.2. The molecular formula is C21H15FN4O3. The van der Waals surface area contributed by atoms with Crippen LogP contribution in [0, 0.1) is 5.82 Å². The van der Waals surface area contributed by atoms with Gasteiger partial charge in [-0.3, -0.25) is 4.79 Å². The number of hydrogen-bond acceptors (Lipinski definition) is 6. The lowest BCUT2D eigenvalue weighted by Gasteiger charge is -2.05. The molecule has 1 amide bonds. The van der Waals surface area contributed by atoms with Crippen molar-refractivity contribution in [2.75, 3.05) is 12.4 Å². The van der Waals surface area contributed by atoms with Crippen LogP contribution in [0.2, 0.25) is 0 Å². The molecule has 29 heavy (non-hydrogen) atoms. The van der Waals surface area contributed by atoms with E-state index in [0.717, 1.165) is 11.3 Å². The Morgan fingerprint density at radius 3 is 2.59 bits per heavy atom. The third kappa shape index (κ3) is 3.96. The van der Waals surface area contributed by atoms with Crippen molar-refractivity contribution in [2.24, 2.45) is 0 Å². The second-order valence-corrected chi connectivity index (χ2v) is 6.03. The predicted molar refractivity (Wildman–Crippen MR) is 104 cm³/mol. The largest absolute Gasteiger partial charge is 0.497 e. The SMILES string of the molecule is COc1ccc(-c2cc(NC(=O)c3cc(-c4ccccc4F)no3)ncn2)cc1. The number of aromatic nitrogens is 3. The van der Waals surface area contributed by atoms with Crippen molar-refractivity contribution in [3.63, 3.8) is 0 Å². The molecule has 2 heterocycles. The first kappa shape index (κ1) is 18.3. The number of amides is 1. The van der Waals surface area contributed by atoms with Crippen molar-refractivity contribution in [1.82, 2.24) is 15.1 Å². The lowest BCUT2D eigenvalue weighted by Crippen LogP contribution is -2.12. The minimum atomic E-state index is -0.556. The van der Waals surface area contributed by atoms with Gasteiger partial charge >= 0.3 is 0 Å². The van der Waals surface area contributed by atoms with Crippen LogP contribution in [0.1, 0.15) is 10.6 Å². The zero-order valence-corrected chi connectivity index (χ0v) is 15.3. The molecule has 1 N–H and O–H groups in total. The van der Waals surface area contributed by atoms with Crippen molar-refractivity contribution in [1.29, 1.82) is 0 Å². The van der Waals surface area contributed by atoms with Gasteiger partial charge in [-0.15, -0.1) is 0 Å². The van der Waals surface area contributed by atoms with Gasteiger partial charge in [0.1, 0.15) is 29.4 Å². The number of nitrogens with one attached hydrogen (secondary N) is 1. The highest BCUT2D eigenvalue weighted by molar-refractivity contribution is 6.02. The molecule has 2 aromatic carbocycles. The molecule has 0 aliphatic heterocycles. The first-order valence-corrected chi connectivity index (χ1v) is 8.63. The minimum Gasteiger partial charge on any atom is -0.497 e. The highest BCUT2D eigenvalue weighted by atomic mass is 19.1. The van der Waals surface area contributed by atoms with Gasteiger partial charge in [0.15, 0.2) is 0 Å². The minimum absolute atomic E-state index is 0.0622. The molecule has 8 heteroatoms. The van der Waals surface area contributed by atoms with Crippen molar-refractivity contribution in [3.8, 4) is 28.3 Å². The normalized spacial score (nSPS) is 10.6. The van der Waals surface area contributed by atoms with Gasteiger partial charge in [-0.05, 0) is 36.4 Å². The van der Waals surface area contributed by atoms with Gasteiger partial charge in [-0.2, -0.15) is 0 Å². The number of methoxy groups -OCH3 is 1. The van der Waals surface area contributed by atoms with E-state index in [4.69, 9.17) is 9.26 Å². The average Bonchev–Trinajstić information content (AvgIpc) is 3.24. The van der Waals surface area contributed by atoms with Gasteiger partial charge in [0.2, 0.25) is 5.76 Å². The fraction of sp³-hybridized carbons (Fsp3) is 0.0476. The van der Waals surface area contributed by atoms with Crippen LogP contribution in [0.25, 0.3) is 22.5 Å². The number of nitrogens with zero attached hydrogens (tertiary/aromatic N) is 3. The number of ether oxygens (including phenoxy) is 1. The Labute approximate surface area is 165 Å². The number of rotatable bonds is 5. The molecule has 0 spiro atoms. The molecule has 144 valence electrons. The summed E-state index contributed by atoms with van der Waals surface area (Å²) in [5.41, 5.74) is 1.95. The van der Waals surface area contributed by atoms with Gasteiger partial charge in [0, 0.05) is 23.3 Å². The zero-order valence-electron chi connectivity index (χ0n) is 15.3. The van der Waals surface area contributed by atoms with Gasteiger partial charge < -0.3 is 14.6 Å². The Bertz CT molecular complexity index is 1160. The Morgan fingerprint density at radius 2 is 1.83 bits per heavy atom. The summed E-state index contributed by atoms with van der Waals surface area (Å²) in [6, 6.07) is 16.5. The number of carbonyl (C=O) groups is 1. The molecule has 0 fully saturated rings. The summed E-state index contributed by atoms with van der Waals surface area (Å²) in [5.74, 6) is -0.0491. The maximum Gasteiger partial charge on any atom is 0.295 e. The van der Waals surface area contributed by atoms with E-state index >= 15 is 0 Å². The van der Waals surface area contributed by atoms with E-state index in [2.05, 4.69) is 20.4 Å². The first-order valence-electron chi connectivity index (χ1n) is 8.63. The van der Waals surface area contributed by atoms with E-state index in [1.165, 1.54) is 18.5 Å². The van der Waals surface area contributed by atoms with Crippen molar-refractivity contribution < 1.29 is 18.4 Å². The monoisotopic (exact) mass is 390 g/mol. The number of benzene rings is 2. The summed E-state index contributed by atoms with van der Waals surface area (Å²) < 4.78 is 24.1. The smallest absolute Gasteiger partial charge is 0.295 e. The number of hydrogen-bond donors (Lipinski definition) is 1. The molecule has 0 aliphatic rings. The van der Waals surface area contributed by atoms with E-state index in [-0.39, 0.29) is 17.0 Å². The molecule has 0 aliphatic carbocycles. The van der Waals surface area contributed by atoms with Crippen LogP contribution < -0.4 is 10.1 Å². The summed E-state index contributed by atoms with van der Waals surface area (Å²) in [5, 5.41) is 6.40. The molecular weight excluding hydrogens is 375 g/mol. The van der Waals surface area contributed by atoms with E-state index in [0.29, 0.717) is 11.5 Å². The topological polar surface area (TPSA) is 90.1 Å². The third-order valence-corrected chi connectivity index (χ3v) is 4.18. The molecule has 0 unspecified atom stereocenters. The van der Waals surface area contributed by atoms with E-state index in [1.54, 1.807) is 31.4 Å². The maximum absolute atomic E-state index is 13.9. The third-order valence-electron chi connectivity index (χ3n) is 4.18. The lowest BCUT2D eigenvalue weighted by molar-refractivity contribution is 0.0987. The molecule has 0 radical (unpaired) electrons. The summed E-state index contributed by atoms with van der Waals surface area (Å²) in [4.78, 5) is 20.7. The van der Waals surface area contributed by atoms with E-state index in [1.807, 2.05) is 24.3 Å². The van der Waals surface area contributed by atoms with Gasteiger partial charge in [0.05, 0.1) is 12.8 Å². The Morgan fingerprint density at radius 1 is 1.03 bits per heavy atom. The van der Waals surface area contributed by atoms with Crippen LogP contribution >= 0.6 is 0 Å². The van der Waals surface area contributed by atoms with Gasteiger partial charge in [-0.25, -0.2) is 14.4 Å². The van der Waals surface area contributed by atoms with Crippen LogP contribution in [0.3, 0.4) is 0 Å². The highest BCUT2D eigenvalue weighted by Crippen LogP contribution is 2.24. The van der Waals surface area contributed by atoms with Crippen molar-refractivity contribution >= 4 is 11.7 Å². The predicted octanol–water partition coefficient (Wildman–Crippen LogP) is 4.20. The Kier molecular flexibility index (Phi) is 4.98. The molecule has 7 nitrogen and oxygen atoms in total. The summed E-state index contributed by atoms with van der Waals surface area (Å²) in [6.07, 6.45) is 1.35. The second-order valence-electron chi connectivity index (χ2n) is 6.03. The average molecular weight is 390 g/mol.